The van der Waals surface area contributed by atoms with Crippen molar-refractivity contribution >= 4 is 28.0 Å². The minimum atomic E-state index is -0.530. The molecule has 2 heterocycles. The number of rotatable bonds is 2. The highest BCUT2D eigenvalue weighted by molar-refractivity contribution is 5.97. The van der Waals surface area contributed by atoms with Gasteiger partial charge in [0.05, 0.1) is 17.6 Å². The van der Waals surface area contributed by atoms with E-state index in [4.69, 9.17) is 13.9 Å². The van der Waals surface area contributed by atoms with E-state index in [1.54, 1.807) is 19.1 Å². The number of hydrogen-bond acceptors (Lipinski definition) is 6. The number of ether oxygens (including phenoxy) is 2. The molecule has 1 aromatic heterocycles. The van der Waals surface area contributed by atoms with E-state index in [1.165, 1.54) is 12.1 Å². The Hall–Kier alpha value is -3.15. The maximum absolute atomic E-state index is 12.9. The summed E-state index contributed by atoms with van der Waals surface area (Å²) < 4.78 is 17.0. The highest BCUT2D eigenvalue weighted by atomic mass is 16.5. The summed E-state index contributed by atoms with van der Waals surface area (Å²) in [6, 6.07) is 4.36. The maximum atomic E-state index is 12.9. The first-order valence-corrected chi connectivity index (χ1v) is 8.31. The molecular formula is C20H18O6. The molecule has 0 amide bonds. The highest BCUT2D eigenvalue weighted by Crippen LogP contribution is 2.42. The van der Waals surface area contributed by atoms with E-state index in [1.807, 2.05) is 19.9 Å². The Bertz CT molecular complexity index is 1140. The Morgan fingerprint density at radius 3 is 2.65 bits per heavy atom. The minimum Gasteiger partial charge on any atom is -0.506 e. The zero-order chi connectivity index (χ0) is 18.6. The van der Waals surface area contributed by atoms with Gasteiger partial charge in [0.1, 0.15) is 33.7 Å². The summed E-state index contributed by atoms with van der Waals surface area (Å²) >= 11 is 0. The molecule has 0 atom stereocenters. The summed E-state index contributed by atoms with van der Waals surface area (Å²) in [7, 11) is 0. The molecule has 134 valence electrons. The molecule has 0 fully saturated rings. The van der Waals surface area contributed by atoms with Crippen molar-refractivity contribution in [3.63, 3.8) is 0 Å². The van der Waals surface area contributed by atoms with Crippen molar-refractivity contribution in [3.05, 3.63) is 40.1 Å². The largest absolute Gasteiger partial charge is 0.506 e. The van der Waals surface area contributed by atoms with Crippen molar-refractivity contribution in [2.75, 3.05) is 6.61 Å². The number of benzene rings is 2. The number of phenols is 2. The van der Waals surface area contributed by atoms with Crippen LogP contribution >= 0.6 is 0 Å². The third-order valence-electron chi connectivity index (χ3n) is 4.34. The van der Waals surface area contributed by atoms with Gasteiger partial charge in [-0.1, -0.05) is 0 Å². The summed E-state index contributed by atoms with van der Waals surface area (Å²) in [4.78, 5) is 12.9. The van der Waals surface area contributed by atoms with Gasteiger partial charge in [-0.2, -0.15) is 0 Å². The molecule has 3 aromatic rings. The molecule has 0 radical (unpaired) electrons. The van der Waals surface area contributed by atoms with Crippen molar-refractivity contribution in [1.82, 2.24) is 0 Å². The second-order valence-corrected chi connectivity index (χ2v) is 6.73. The lowest BCUT2D eigenvalue weighted by molar-refractivity contribution is 0.158. The standard InChI is InChI=1S/C20H18O6/c1-4-24-15-8-13-11(7-12(15)21)19(23)17-16(25-13)9-14-10(18(17)22)5-6-20(2,3)26-14/h5-9,21-22H,4H2,1-3H3. The quantitative estimate of drug-likeness (QED) is 0.678. The molecule has 1 aliphatic heterocycles. The van der Waals surface area contributed by atoms with Crippen LogP contribution in [0.4, 0.5) is 0 Å². The molecule has 0 aliphatic carbocycles. The van der Waals surface area contributed by atoms with Crippen LogP contribution in [0.25, 0.3) is 28.0 Å². The van der Waals surface area contributed by atoms with Crippen molar-refractivity contribution < 1.29 is 24.1 Å². The lowest BCUT2D eigenvalue weighted by Gasteiger charge is -2.28. The molecule has 0 saturated carbocycles. The van der Waals surface area contributed by atoms with Gasteiger partial charge >= 0.3 is 0 Å². The lowest BCUT2D eigenvalue weighted by atomic mass is 9.99. The van der Waals surface area contributed by atoms with E-state index in [0.717, 1.165) is 0 Å². The fraction of sp³-hybridized carbons (Fsp3) is 0.250. The van der Waals surface area contributed by atoms with E-state index >= 15 is 0 Å². The fourth-order valence-electron chi connectivity index (χ4n) is 3.12. The number of fused-ring (bicyclic) bond motifs is 3. The Kier molecular flexibility index (Phi) is 3.41. The Morgan fingerprint density at radius 2 is 1.92 bits per heavy atom. The third-order valence-corrected chi connectivity index (χ3v) is 4.34. The maximum Gasteiger partial charge on any atom is 0.204 e. The van der Waals surface area contributed by atoms with E-state index in [9.17, 15) is 15.0 Å². The van der Waals surface area contributed by atoms with Crippen LogP contribution < -0.4 is 14.9 Å². The first-order valence-electron chi connectivity index (χ1n) is 8.31. The van der Waals surface area contributed by atoms with Gasteiger partial charge < -0.3 is 24.1 Å². The average Bonchev–Trinajstić information content (AvgIpc) is 2.55. The summed E-state index contributed by atoms with van der Waals surface area (Å²) in [6.45, 7) is 5.93. The van der Waals surface area contributed by atoms with Crippen LogP contribution in [-0.2, 0) is 0 Å². The average molecular weight is 354 g/mol. The van der Waals surface area contributed by atoms with E-state index in [-0.39, 0.29) is 39.2 Å². The van der Waals surface area contributed by atoms with Gasteiger partial charge in [-0.3, -0.25) is 4.79 Å². The predicted octanol–water partition coefficient (Wildman–Crippen LogP) is 3.94. The first-order chi connectivity index (χ1) is 12.3. The van der Waals surface area contributed by atoms with Crippen LogP contribution in [0.2, 0.25) is 0 Å². The number of aromatic hydroxyl groups is 2. The molecule has 0 saturated heterocycles. The summed E-state index contributed by atoms with van der Waals surface area (Å²) in [6.07, 6.45) is 3.54. The Morgan fingerprint density at radius 1 is 1.15 bits per heavy atom. The van der Waals surface area contributed by atoms with Gasteiger partial charge in [-0.15, -0.1) is 0 Å². The lowest BCUT2D eigenvalue weighted by Crippen LogP contribution is -2.27. The zero-order valence-electron chi connectivity index (χ0n) is 14.6. The van der Waals surface area contributed by atoms with Gasteiger partial charge in [0.25, 0.3) is 0 Å². The normalized spacial score (nSPS) is 15.0. The fourth-order valence-corrected chi connectivity index (χ4v) is 3.12. The SMILES string of the molecule is CCOc1cc2oc3cc4c(c(O)c3c(=O)c2cc1O)C=CC(C)(C)O4. The molecule has 26 heavy (non-hydrogen) atoms. The molecule has 2 N–H and O–H groups in total. The van der Waals surface area contributed by atoms with E-state index < -0.39 is 11.0 Å². The molecule has 4 rings (SSSR count). The molecule has 1 aliphatic rings. The summed E-state index contributed by atoms with van der Waals surface area (Å²) in [5.41, 5.74) is -0.0680. The molecule has 0 bridgehead atoms. The van der Waals surface area contributed by atoms with Crippen LogP contribution in [0.5, 0.6) is 23.0 Å². The molecule has 0 spiro atoms. The molecule has 2 aromatic carbocycles. The van der Waals surface area contributed by atoms with Crippen LogP contribution in [0.15, 0.2) is 33.5 Å². The first kappa shape index (κ1) is 16.3. The predicted molar refractivity (Wildman–Crippen MR) is 98.2 cm³/mol. The van der Waals surface area contributed by atoms with Crippen molar-refractivity contribution in [3.8, 4) is 23.0 Å². The van der Waals surface area contributed by atoms with Gasteiger partial charge in [0.2, 0.25) is 5.43 Å². The molecule has 6 heteroatoms. The molecule has 6 nitrogen and oxygen atoms in total. The zero-order valence-corrected chi connectivity index (χ0v) is 14.6. The monoisotopic (exact) mass is 354 g/mol. The summed E-state index contributed by atoms with van der Waals surface area (Å²) in [5, 5.41) is 20.9. The second-order valence-electron chi connectivity index (χ2n) is 6.73. The number of hydrogen-bond donors (Lipinski definition) is 2. The van der Waals surface area contributed by atoms with Gasteiger partial charge in [0.15, 0.2) is 11.5 Å². The smallest absolute Gasteiger partial charge is 0.204 e. The van der Waals surface area contributed by atoms with Gasteiger partial charge in [-0.25, -0.2) is 0 Å². The van der Waals surface area contributed by atoms with Crippen molar-refractivity contribution in [2.45, 2.75) is 26.4 Å². The van der Waals surface area contributed by atoms with Crippen molar-refractivity contribution in [2.24, 2.45) is 0 Å². The minimum absolute atomic E-state index is 0.0489. The van der Waals surface area contributed by atoms with Crippen LogP contribution in [-0.4, -0.2) is 22.4 Å². The van der Waals surface area contributed by atoms with E-state index in [0.29, 0.717) is 17.9 Å². The van der Waals surface area contributed by atoms with Gasteiger partial charge in [-0.05, 0) is 39.0 Å². The van der Waals surface area contributed by atoms with Crippen molar-refractivity contribution in [1.29, 1.82) is 0 Å². The number of phenolic OH excluding ortho intramolecular Hbond substituents is 2. The van der Waals surface area contributed by atoms with Crippen LogP contribution in [0, 0.1) is 0 Å². The van der Waals surface area contributed by atoms with Crippen LogP contribution in [0.1, 0.15) is 26.3 Å². The Balaban J connectivity index is 2.07. The third kappa shape index (κ3) is 2.37. The Labute approximate surface area is 148 Å². The van der Waals surface area contributed by atoms with Gasteiger partial charge in [0, 0.05) is 12.1 Å². The second kappa shape index (κ2) is 5.42. The summed E-state index contributed by atoms with van der Waals surface area (Å²) in [5.74, 6) is 0.306. The highest BCUT2D eigenvalue weighted by Gasteiger charge is 2.26. The van der Waals surface area contributed by atoms with E-state index in [2.05, 4.69) is 0 Å². The molecule has 0 unspecified atom stereocenters. The molecular weight excluding hydrogens is 336 g/mol. The topological polar surface area (TPSA) is 89.1 Å². The van der Waals surface area contributed by atoms with Crippen LogP contribution in [0.3, 0.4) is 0 Å².